The summed E-state index contributed by atoms with van der Waals surface area (Å²) in [4.78, 5) is 0.799. The molecule has 0 spiro atoms. The van der Waals surface area contributed by atoms with Gasteiger partial charge in [0.1, 0.15) is 0 Å². The van der Waals surface area contributed by atoms with Gasteiger partial charge in [-0.25, -0.2) is 16.8 Å². The molecule has 1 atom stereocenters. The van der Waals surface area contributed by atoms with Crippen molar-refractivity contribution in [2.75, 3.05) is 33.1 Å². The summed E-state index contributed by atoms with van der Waals surface area (Å²) in [6.45, 7) is 0.0688. The van der Waals surface area contributed by atoms with Gasteiger partial charge in [0.2, 0.25) is 10.0 Å². The number of benzene rings is 1. The van der Waals surface area contributed by atoms with Crippen LogP contribution >= 0.6 is 11.3 Å². The Bertz CT molecular complexity index is 999. The zero-order valence-corrected chi connectivity index (χ0v) is 17.4. The summed E-state index contributed by atoms with van der Waals surface area (Å²) >= 11 is 1.38. The molecule has 27 heavy (non-hydrogen) atoms. The van der Waals surface area contributed by atoms with Crippen LogP contribution in [-0.2, 0) is 19.9 Å². The monoisotopic (exact) mass is 431 g/mol. The topological polar surface area (TPSA) is 90.0 Å². The molecule has 1 saturated heterocycles. The van der Waals surface area contributed by atoms with Gasteiger partial charge in [0.05, 0.1) is 30.1 Å². The number of ether oxygens (including phenoxy) is 2. The highest BCUT2D eigenvalue weighted by molar-refractivity contribution is 7.92. The van der Waals surface area contributed by atoms with Crippen molar-refractivity contribution in [3.63, 3.8) is 0 Å². The van der Waals surface area contributed by atoms with Gasteiger partial charge in [-0.15, -0.1) is 11.3 Å². The molecular weight excluding hydrogens is 410 g/mol. The second-order valence-corrected chi connectivity index (χ2v) is 11.3. The van der Waals surface area contributed by atoms with Crippen LogP contribution in [0.3, 0.4) is 0 Å². The molecule has 0 amide bonds. The predicted octanol–water partition coefficient (Wildman–Crippen LogP) is 2.32. The van der Waals surface area contributed by atoms with E-state index in [9.17, 15) is 16.8 Å². The number of nitrogens with zero attached hydrogens (tertiary/aromatic N) is 1. The van der Waals surface area contributed by atoms with Gasteiger partial charge >= 0.3 is 0 Å². The number of sulfone groups is 1. The molecule has 3 rings (SSSR count). The quantitative estimate of drug-likeness (QED) is 0.722. The lowest BCUT2D eigenvalue weighted by Gasteiger charge is -2.20. The van der Waals surface area contributed by atoms with E-state index in [0.717, 1.165) is 4.88 Å². The van der Waals surface area contributed by atoms with Crippen molar-refractivity contribution in [1.82, 2.24) is 4.31 Å². The summed E-state index contributed by atoms with van der Waals surface area (Å²) in [6.07, 6.45) is 0.232. The van der Waals surface area contributed by atoms with Crippen molar-refractivity contribution >= 4 is 31.2 Å². The van der Waals surface area contributed by atoms with E-state index >= 15 is 0 Å². The standard InChI is InChI=1S/C17H21NO6S3/c1-23-14-6-5-13(12-15(14)24-2)27(21,22)18-8-7-17(16-4-3-10-25-16)26(19,20)11-9-18/h3-6,10,12,17H,7-9,11H2,1-2H3/t17-/m1/s1. The maximum atomic E-state index is 13.0. The predicted molar refractivity (Wildman–Crippen MR) is 104 cm³/mol. The van der Waals surface area contributed by atoms with Crippen LogP contribution in [0.4, 0.5) is 0 Å². The maximum Gasteiger partial charge on any atom is 0.243 e. The smallest absolute Gasteiger partial charge is 0.243 e. The summed E-state index contributed by atoms with van der Waals surface area (Å²) in [5.74, 6) is 0.521. The third-order valence-corrected chi connectivity index (χ3v) is 9.69. The molecule has 2 heterocycles. The lowest BCUT2D eigenvalue weighted by molar-refractivity contribution is 0.353. The first-order chi connectivity index (χ1) is 12.8. The molecular formula is C17H21NO6S3. The van der Waals surface area contributed by atoms with Gasteiger partial charge in [-0.2, -0.15) is 4.31 Å². The van der Waals surface area contributed by atoms with Crippen molar-refractivity contribution in [2.45, 2.75) is 16.6 Å². The highest BCUT2D eigenvalue weighted by Crippen LogP contribution is 2.35. The molecule has 1 fully saturated rings. The minimum atomic E-state index is -3.85. The highest BCUT2D eigenvalue weighted by atomic mass is 32.2. The molecule has 7 nitrogen and oxygen atoms in total. The second kappa shape index (κ2) is 7.78. The van der Waals surface area contributed by atoms with E-state index in [2.05, 4.69) is 0 Å². The number of rotatable bonds is 5. The molecule has 0 aliphatic carbocycles. The Morgan fingerprint density at radius 2 is 1.85 bits per heavy atom. The fourth-order valence-corrected chi connectivity index (χ4v) is 7.68. The Morgan fingerprint density at radius 3 is 2.48 bits per heavy atom. The number of sulfonamides is 1. The molecule has 10 heteroatoms. The summed E-state index contributed by atoms with van der Waals surface area (Å²) in [7, 11) is -4.37. The first-order valence-corrected chi connectivity index (χ1v) is 12.3. The average Bonchev–Trinajstić information content (AvgIpc) is 3.11. The van der Waals surface area contributed by atoms with Crippen LogP contribution in [0.5, 0.6) is 11.5 Å². The lowest BCUT2D eigenvalue weighted by Crippen LogP contribution is -2.33. The Balaban J connectivity index is 1.90. The zero-order chi connectivity index (χ0) is 19.7. The van der Waals surface area contributed by atoms with Gasteiger partial charge in [-0.1, -0.05) is 6.07 Å². The third kappa shape index (κ3) is 3.98. The molecule has 0 radical (unpaired) electrons. The van der Waals surface area contributed by atoms with E-state index in [4.69, 9.17) is 9.47 Å². The number of hydrogen-bond acceptors (Lipinski definition) is 7. The maximum absolute atomic E-state index is 13.0. The molecule has 0 unspecified atom stereocenters. The van der Waals surface area contributed by atoms with Crippen molar-refractivity contribution in [1.29, 1.82) is 0 Å². The van der Waals surface area contributed by atoms with Crippen LogP contribution in [0.2, 0.25) is 0 Å². The van der Waals surface area contributed by atoms with Gasteiger partial charge in [0.15, 0.2) is 21.3 Å². The Hall–Kier alpha value is -1.62. The Kier molecular flexibility index (Phi) is 5.80. The van der Waals surface area contributed by atoms with Crippen molar-refractivity contribution in [2.24, 2.45) is 0 Å². The van der Waals surface area contributed by atoms with Crippen LogP contribution in [0.25, 0.3) is 0 Å². The molecule has 1 aliphatic rings. The van der Waals surface area contributed by atoms with E-state index in [1.54, 1.807) is 12.1 Å². The SMILES string of the molecule is COc1ccc(S(=O)(=O)N2CC[C@H](c3cccs3)S(=O)(=O)CC2)cc1OC. The average molecular weight is 432 g/mol. The fraction of sp³-hybridized carbons (Fsp3) is 0.412. The molecule has 1 aliphatic heterocycles. The van der Waals surface area contributed by atoms with Crippen molar-refractivity contribution in [3.05, 3.63) is 40.6 Å². The molecule has 148 valence electrons. The minimum Gasteiger partial charge on any atom is -0.493 e. The summed E-state index contributed by atoms with van der Waals surface area (Å²) < 4.78 is 62.9. The number of methoxy groups -OCH3 is 2. The van der Waals surface area contributed by atoms with E-state index in [1.807, 2.05) is 5.38 Å². The summed E-state index contributed by atoms with van der Waals surface area (Å²) in [5, 5.41) is 1.16. The van der Waals surface area contributed by atoms with E-state index in [1.165, 1.54) is 48.1 Å². The van der Waals surface area contributed by atoms with Gasteiger partial charge in [0, 0.05) is 24.0 Å². The van der Waals surface area contributed by atoms with E-state index in [0.29, 0.717) is 11.5 Å². The normalized spacial score (nSPS) is 20.7. The molecule has 0 N–H and O–H groups in total. The van der Waals surface area contributed by atoms with Crippen molar-refractivity contribution < 1.29 is 26.3 Å². The number of thiophene rings is 1. The van der Waals surface area contributed by atoms with E-state index < -0.39 is 25.1 Å². The molecule has 0 bridgehead atoms. The highest BCUT2D eigenvalue weighted by Gasteiger charge is 2.36. The Morgan fingerprint density at radius 1 is 1.11 bits per heavy atom. The van der Waals surface area contributed by atoms with Crippen LogP contribution in [0.1, 0.15) is 16.5 Å². The first-order valence-electron chi connectivity index (χ1n) is 8.27. The molecule has 0 saturated carbocycles. The first kappa shape index (κ1) is 20.1. The fourth-order valence-electron chi connectivity index (χ4n) is 3.08. The molecule has 1 aromatic carbocycles. The van der Waals surface area contributed by atoms with Gasteiger partial charge in [-0.05, 0) is 30.0 Å². The van der Waals surface area contributed by atoms with Crippen LogP contribution in [0, 0.1) is 0 Å². The van der Waals surface area contributed by atoms with E-state index in [-0.39, 0.29) is 30.2 Å². The summed E-state index contributed by atoms with van der Waals surface area (Å²) in [6, 6.07) is 7.94. The van der Waals surface area contributed by atoms with Crippen LogP contribution < -0.4 is 9.47 Å². The molecule has 2 aromatic rings. The minimum absolute atomic E-state index is 0.0483. The van der Waals surface area contributed by atoms with Gasteiger partial charge in [0.25, 0.3) is 0 Å². The second-order valence-electron chi connectivity index (χ2n) is 6.08. The lowest BCUT2D eigenvalue weighted by atomic mass is 10.2. The van der Waals surface area contributed by atoms with Gasteiger partial charge < -0.3 is 9.47 Å². The molecule has 1 aromatic heterocycles. The summed E-state index contributed by atoms with van der Waals surface area (Å²) in [5.41, 5.74) is 0. The Labute approximate surface area is 163 Å². The number of hydrogen-bond donors (Lipinski definition) is 0. The zero-order valence-electron chi connectivity index (χ0n) is 15.0. The largest absolute Gasteiger partial charge is 0.493 e. The van der Waals surface area contributed by atoms with Crippen LogP contribution in [0.15, 0.2) is 40.6 Å². The van der Waals surface area contributed by atoms with Crippen LogP contribution in [-0.4, -0.2) is 54.2 Å². The van der Waals surface area contributed by atoms with Gasteiger partial charge in [-0.3, -0.25) is 0 Å². The van der Waals surface area contributed by atoms with Crippen molar-refractivity contribution in [3.8, 4) is 11.5 Å². The third-order valence-electron chi connectivity index (χ3n) is 4.55.